The molecule has 0 atom stereocenters. The van der Waals surface area contributed by atoms with Crippen LogP contribution in [-0.4, -0.2) is 133 Å². The molecule has 2 amide bonds. The molecule has 4 aromatic rings. The number of alkyl halides is 9. The molecule has 0 spiro atoms. The number of carbonyl (C=O) groups excluding carboxylic acids is 4. The summed E-state index contributed by atoms with van der Waals surface area (Å²) in [6.45, 7) is 4.35. The molecule has 4 aromatic carbocycles. The van der Waals surface area contributed by atoms with E-state index in [1.54, 1.807) is 0 Å². The van der Waals surface area contributed by atoms with Crippen molar-refractivity contribution in [3.63, 3.8) is 0 Å². The van der Waals surface area contributed by atoms with Gasteiger partial charge in [-0.15, -0.1) is 6.42 Å². The van der Waals surface area contributed by atoms with Crippen molar-refractivity contribution in [1.29, 1.82) is 0 Å². The molecule has 4 aliphatic rings. The van der Waals surface area contributed by atoms with E-state index in [-0.39, 0.29) is 138 Å². The average Bonchev–Trinajstić information content (AvgIpc) is 1.46. The van der Waals surface area contributed by atoms with Crippen molar-refractivity contribution in [3.05, 3.63) is 139 Å². The van der Waals surface area contributed by atoms with E-state index in [9.17, 15) is 69.2 Å². The number of carbonyl (C=O) groups is 4. The molecular formula is C81H115Br2F9K2N4O12. The Morgan fingerprint density at radius 1 is 0.536 bits per heavy atom. The molecule has 4 fully saturated rings. The minimum atomic E-state index is -4.85. The van der Waals surface area contributed by atoms with Crippen LogP contribution in [0.1, 0.15) is 223 Å². The SMILES string of the molecule is C.C#CC1(O)CCCCCCC1.C1CCOC1.CCOC(=O)C(F)(F)F.CO.NCCCc1cccc(Br)c1.NCCCc1cccc(C#CC2(O)CCCCCCC2)c1.O=C(NCCCc1cccc(Br)c1)C(F)(F)F.O=C(NCCCc1cccc(C#CC2(O)CCCCCCC2)c1)C(F)(F)F.O=CO[O-].[H-].[K+].[K+]. The molecule has 0 unspecified atom stereocenters. The summed E-state index contributed by atoms with van der Waals surface area (Å²) in [5.74, 6) is 9.00. The fraction of sp³-hybridized carbons (Fsp3) is 0.580. The molecule has 110 heavy (non-hydrogen) atoms. The first kappa shape index (κ1) is 113. The van der Waals surface area contributed by atoms with Crippen LogP contribution in [0, 0.1) is 36.0 Å². The number of nitrogens with one attached hydrogen (secondary N) is 2. The number of benzene rings is 4. The Bertz CT molecular complexity index is 3230. The number of aryl methyl sites for hydroxylation is 4. The number of aliphatic hydroxyl groups excluding tert-OH is 1. The standard InChI is InChI=1S/C21H26F3NO2.C19H27NO.C11H11BrF3NO.C10H16O.C9H12BrN.C4H5F3O2.C4H8O.CH2O3.CH4O.CH4.2K.H/c22-21(23,24)19(26)25-15-7-10-17-8-6-9-18(16-17)11-14-20(27)12-4-2-1-3-5-13-20;20-15-7-10-17-8-6-9-18(16-17)11-14-19(21)12-4-2-1-3-5-13-19;12-9-5-1-3-8(7-9)4-2-6-16-10(17)11(13,14)15;1-2-10(11)8-6-4-3-5-7-9-10;10-9-5-1-3-8(7-9)4-2-6-11;1-2-9-3(8)4(5,6)7;1-2-4-5-3-1;2-1-4-3;1-2;;;;/h6,8-9,16,27H,1-5,7,10,12-13,15H2,(H,25,26);6,8-9,16,21H,1-5,7,10,12-13,15,20H2;1,3,5,7H,2,4,6H2,(H,16,17);1,11H,3-9H2;1,3,5,7H,2,4,6,11H2;2H2,1H3;1-4H2;1,3H;2H,1H3;1H4;;;/q;;;;;;;;;;2*+1;-1/p-1. The Labute approximate surface area is 750 Å². The quantitative estimate of drug-likeness (QED) is 0.00758. The van der Waals surface area contributed by atoms with Crippen LogP contribution >= 0.6 is 31.9 Å². The van der Waals surface area contributed by atoms with E-state index in [1.807, 2.05) is 77.4 Å². The maximum absolute atomic E-state index is 12.1. The molecule has 0 aromatic heterocycles. The van der Waals surface area contributed by atoms with E-state index in [0.29, 0.717) is 38.5 Å². The van der Waals surface area contributed by atoms with Gasteiger partial charge in [-0.05, 0) is 232 Å². The molecule has 8 rings (SSSR count). The maximum Gasteiger partial charge on any atom is 1.00 e. The van der Waals surface area contributed by atoms with Crippen LogP contribution in [0.4, 0.5) is 39.5 Å². The first-order valence-corrected chi connectivity index (χ1v) is 37.9. The molecule has 1 aliphatic heterocycles. The first-order valence-electron chi connectivity index (χ1n) is 36.4. The number of nitrogens with two attached hydrogens (primary N) is 2. The number of rotatable bonds is 16. The van der Waals surface area contributed by atoms with Gasteiger partial charge >= 0.3 is 139 Å². The van der Waals surface area contributed by atoms with E-state index in [1.165, 1.54) is 75.8 Å². The number of hydrogen-bond donors (Lipinski definition) is 8. The fourth-order valence-corrected chi connectivity index (χ4v) is 11.7. The van der Waals surface area contributed by atoms with Crippen molar-refractivity contribution in [2.75, 3.05) is 53.1 Å². The Kier molecular flexibility index (Phi) is 69.7. The number of terminal acetylenes is 1. The van der Waals surface area contributed by atoms with Crippen molar-refractivity contribution >= 4 is 56.1 Å². The molecule has 1 saturated heterocycles. The summed E-state index contributed by atoms with van der Waals surface area (Å²) >= 11 is 6.72. The second-order valence-electron chi connectivity index (χ2n) is 25.4. The van der Waals surface area contributed by atoms with E-state index < -0.39 is 53.1 Å². The Balaban J connectivity index is -0.000000403. The van der Waals surface area contributed by atoms with Gasteiger partial charge in [0.15, 0.2) is 0 Å². The zero-order chi connectivity index (χ0) is 80.3. The number of aliphatic hydroxyl groups is 4. The van der Waals surface area contributed by atoms with Gasteiger partial charge in [0.25, 0.3) is 6.47 Å². The zero-order valence-corrected chi connectivity index (χ0v) is 73.0. The number of hydrogen-bond acceptors (Lipinski definition) is 14. The van der Waals surface area contributed by atoms with Crippen LogP contribution < -0.4 is 130 Å². The Hall–Kier alpha value is -3.28. The maximum atomic E-state index is 12.1. The van der Waals surface area contributed by atoms with Crippen LogP contribution in [0.3, 0.4) is 0 Å². The normalized spacial score (nSPS) is 15.2. The summed E-state index contributed by atoms with van der Waals surface area (Å²) in [4.78, 5) is 42.2. The van der Waals surface area contributed by atoms with Gasteiger partial charge in [0.2, 0.25) is 0 Å². The number of amides is 2. The summed E-state index contributed by atoms with van der Waals surface area (Å²) in [6.07, 6.45) is 21.4. The van der Waals surface area contributed by atoms with Crippen LogP contribution in [0.2, 0.25) is 0 Å². The number of esters is 1. The summed E-state index contributed by atoms with van der Waals surface area (Å²) in [5, 5.41) is 50.2. The second-order valence-corrected chi connectivity index (χ2v) is 27.3. The molecule has 3 saturated carbocycles. The molecule has 0 radical (unpaired) electrons. The molecule has 3 aliphatic carbocycles. The zero-order valence-electron chi connectivity index (χ0n) is 64.6. The summed E-state index contributed by atoms with van der Waals surface area (Å²) in [6, 6.07) is 31.6. The van der Waals surface area contributed by atoms with Crippen molar-refractivity contribution in [2.45, 2.75) is 249 Å². The van der Waals surface area contributed by atoms with Gasteiger partial charge < -0.3 is 63.6 Å². The average molecular weight is 1750 g/mol. The van der Waals surface area contributed by atoms with Gasteiger partial charge in [-0.3, -0.25) is 14.4 Å². The van der Waals surface area contributed by atoms with Crippen LogP contribution in [0.15, 0.2) is 106 Å². The topological polar surface area (TPSA) is 276 Å². The predicted octanol–water partition coefficient (Wildman–Crippen LogP) is 9.73. The number of halogens is 11. The van der Waals surface area contributed by atoms with Gasteiger partial charge in [0.1, 0.15) is 16.8 Å². The summed E-state index contributed by atoms with van der Waals surface area (Å²) < 4.78 is 116. The first-order chi connectivity index (χ1) is 50.9. The minimum Gasteiger partial charge on any atom is -1.00 e. The van der Waals surface area contributed by atoms with Crippen LogP contribution in [0.25, 0.3) is 0 Å². The summed E-state index contributed by atoms with van der Waals surface area (Å²) in [7, 11) is 1.00. The van der Waals surface area contributed by atoms with Crippen molar-refractivity contribution in [1.82, 2.24) is 10.6 Å². The largest absolute Gasteiger partial charge is 1.00 e. The minimum absolute atomic E-state index is 0. The molecule has 10 N–H and O–H groups in total. The molecule has 16 nitrogen and oxygen atoms in total. The van der Waals surface area contributed by atoms with E-state index in [4.69, 9.17) is 37.8 Å². The van der Waals surface area contributed by atoms with E-state index in [0.717, 1.165) is 167 Å². The number of ether oxygens (including phenoxy) is 2. The fourth-order valence-electron chi connectivity index (χ4n) is 10.8. The van der Waals surface area contributed by atoms with Crippen LogP contribution in [-0.2, 0) is 59.2 Å². The second kappa shape index (κ2) is 67.8. The van der Waals surface area contributed by atoms with E-state index >= 15 is 0 Å². The molecular weight excluding hydrogens is 1630 g/mol. The van der Waals surface area contributed by atoms with Crippen molar-refractivity contribution in [3.8, 4) is 36.0 Å². The van der Waals surface area contributed by atoms with Crippen LogP contribution in [0.5, 0.6) is 0 Å². The van der Waals surface area contributed by atoms with Gasteiger partial charge in [-0.2, -0.15) is 39.5 Å². The van der Waals surface area contributed by atoms with Crippen molar-refractivity contribution in [2.24, 2.45) is 11.5 Å². The van der Waals surface area contributed by atoms with E-state index in [2.05, 4.69) is 101 Å². The third kappa shape index (κ3) is 60.3. The molecule has 610 valence electrons. The predicted molar refractivity (Wildman–Crippen MR) is 411 cm³/mol. The summed E-state index contributed by atoms with van der Waals surface area (Å²) in [5.41, 5.74) is 14.8. The third-order valence-electron chi connectivity index (χ3n) is 16.4. The monoisotopic (exact) mass is 1740 g/mol. The van der Waals surface area contributed by atoms with Crippen molar-refractivity contribution < 1.29 is 203 Å². The van der Waals surface area contributed by atoms with Gasteiger partial charge in [-0.1, -0.05) is 175 Å². The molecule has 29 heteroatoms. The Morgan fingerprint density at radius 2 is 0.836 bits per heavy atom. The van der Waals surface area contributed by atoms with Gasteiger partial charge in [-0.25, -0.2) is 4.79 Å². The third-order valence-corrected chi connectivity index (χ3v) is 17.4. The molecule has 1 heterocycles. The van der Waals surface area contributed by atoms with Gasteiger partial charge in [0, 0.05) is 53.5 Å². The Morgan fingerprint density at radius 3 is 1.09 bits per heavy atom. The van der Waals surface area contributed by atoms with Gasteiger partial charge in [0.05, 0.1) is 6.61 Å². The smallest absolute Gasteiger partial charge is 1.00 e. The molecule has 0 bridgehead atoms.